The van der Waals surface area contributed by atoms with Crippen molar-refractivity contribution in [2.24, 2.45) is 4.99 Å². The zero-order chi connectivity index (χ0) is 39.2. The molecule has 2 aliphatic heterocycles. The second-order valence-corrected chi connectivity index (χ2v) is 17.7. The zero-order valence-corrected chi connectivity index (χ0v) is 33.8. The lowest BCUT2D eigenvalue weighted by atomic mass is 9.80. The second kappa shape index (κ2) is 13.3. The van der Waals surface area contributed by atoms with Gasteiger partial charge in [-0.2, -0.15) is 0 Å². The molecule has 3 nitrogen and oxygen atoms in total. The van der Waals surface area contributed by atoms with E-state index in [9.17, 15) is 0 Å². The summed E-state index contributed by atoms with van der Waals surface area (Å²) in [5, 5.41) is 2.66. The van der Waals surface area contributed by atoms with Crippen molar-refractivity contribution in [3.63, 3.8) is 0 Å². The van der Waals surface area contributed by atoms with E-state index < -0.39 is 0 Å². The fourth-order valence-electron chi connectivity index (χ4n) is 11.3. The van der Waals surface area contributed by atoms with Crippen molar-refractivity contribution < 1.29 is 0 Å². The van der Waals surface area contributed by atoms with Crippen LogP contribution >= 0.6 is 0 Å². The maximum atomic E-state index is 4.51. The number of nitrogens with zero attached hydrogens (tertiary/aromatic N) is 3. The van der Waals surface area contributed by atoms with Crippen LogP contribution in [0.2, 0.25) is 0 Å². The van der Waals surface area contributed by atoms with Gasteiger partial charge >= 0.3 is 0 Å². The van der Waals surface area contributed by atoms with E-state index in [2.05, 4.69) is 192 Å². The topological polar surface area (TPSA) is 20.5 Å². The minimum Gasteiger partial charge on any atom is -0.333 e. The van der Waals surface area contributed by atoms with E-state index in [0.717, 1.165) is 32.2 Å². The Bertz CT molecular complexity index is 3010. The van der Waals surface area contributed by atoms with Gasteiger partial charge in [-0.15, -0.1) is 0 Å². The molecule has 0 amide bonds. The lowest BCUT2D eigenvalue weighted by molar-refractivity contribution is 0.616. The van der Waals surface area contributed by atoms with Gasteiger partial charge in [-0.1, -0.05) is 135 Å². The maximum Gasteiger partial charge on any atom is 0.0566 e. The van der Waals surface area contributed by atoms with Gasteiger partial charge in [0.1, 0.15) is 0 Å². The van der Waals surface area contributed by atoms with Crippen LogP contribution in [0.3, 0.4) is 0 Å². The summed E-state index contributed by atoms with van der Waals surface area (Å²) < 4.78 is 2.61. The Morgan fingerprint density at radius 2 is 1.51 bits per heavy atom. The summed E-state index contributed by atoms with van der Waals surface area (Å²) in [5.74, 6) is 0.595. The van der Waals surface area contributed by atoms with Crippen molar-refractivity contribution in [1.29, 1.82) is 0 Å². The van der Waals surface area contributed by atoms with Crippen LogP contribution in [-0.4, -0.2) is 17.3 Å². The summed E-state index contributed by atoms with van der Waals surface area (Å²) in [7, 11) is 0. The summed E-state index contributed by atoms with van der Waals surface area (Å²) >= 11 is 0. The standard InChI is InChI=1S/C56H47N3/c1-56(2)50-17-9-6-14-44(50)47-35-42(22-23-51(47)56)58-52-18-10-7-15-45(52)48-33-38(20-24-54(48)58)39-21-25-55-49(34-39)46-16-8-11-19-53(46)59(55)43-31-40(36-12-4-3-5-13-36)30-41(32-43)37-26-28-57-29-27-37/h3-21,23-26,28,31-33,35,40,42,49H,22,27,29-30,34H2,1-2H3. The van der Waals surface area contributed by atoms with Crippen molar-refractivity contribution in [3.05, 3.63) is 220 Å². The summed E-state index contributed by atoms with van der Waals surface area (Å²) in [6, 6.07) is 45.7. The predicted octanol–water partition coefficient (Wildman–Crippen LogP) is 13.7. The highest BCUT2D eigenvalue weighted by molar-refractivity contribution is 6.09. The first kappa shape index (κ1) is 34.6. The van der Waals surface area contributed by atoms with E-state index in [4.69, 9.17) is 0 Å². The lowest BCUT2D eigenvalue weighted by Crippen LogP contribution is -2.22. The molecular weight excluding hydrogens is 715 g/mol. The Kier molecular flexibility index (Phi) is 7.79. The molecule has 12 rings (SSSR count). The van der Waals surface area contributed by atoms with Gasteiger partial charge in [0.2, 0.25) is 0 Å². The van der Waals surface area contributed by atoms with Gasteiger partial charge < -0.3 is 9.47 Å². The third-order valence-electron chi connectivity index (χ3n) is 14.2. The highest BCUT2D eigenvalue weighted by atomic mass is 15.2. The van der Waals surface area contributed by atoms with Crippen molar-refractivity contribution in [1.82, 2.24) is 4.57 Å². The molecule has 286 valence electrons. The monoisotopic (exact) mass is 761 g/mol. The lowest BCUT2D eigenvalue weighted by Gasteiger charge is -2.32. The summed E-state index contributed by atoms with van der Waals surface area (Å²) in [6.07, 6.45) is 23.1. The molecule has 0 saturated heterocycles. The minimum atomic E-state index is 0.0298. The smallest absolute Gasteiger partial charge is 0.0566 e. The Morgan fingerprint density at radius 1 is 0.695 bits per heavy atom. The number of anilines is 1. The Morgan fingerprint density at radius 3 is 2.41 bits per heavy atom. The number of benzene rings is 5. The highest BCUT2D eigenvalue weighted by Gasteiger charge is 2.41. The molecule has 3 heterocycles. The molecule has 0 fully saturated rings. The molecule has 0 radical (unpaired) electrons. The molecule has 6 aromatic rings. The molecule has 4 aliphatic carbocycles. The van der Waals surface area contributed by atoms with E-state index in [0.29, 0.717) is 5.92 Å². The second-order valence-electron chi connectivity index (χ2n) is 17.7. The van der Waals surface area contributed by atoms with Gasteiger partial charge in [0.05, 0.1) is 6.04 Å². The number of rotatable bonds is 5. The summed E-state index contributed by atoms with van der Waals surface area (Å²) in [5.41, 5.74) is 20.7. The molecule has 3 unspecified atom stereocenters. The minimum absolute atomic E-state index is 0.0298. The number of aliphatic imine (C=N–C) groups is 1. The molecule has 0 bridgehead atoms. The van der Waals surface area contributed by atoms with Gasteiger partial charge in [0.15, 0.2) is 0 Å². The summed E-state index contributed by atoms with van der Waals surface area (Å²) in [6.45, 7) is 5.63. The Labute approximate surface area is 347 Å². The Balaban J connectivity index is 0.938. The highest BCUT2D eigenvalue weighted by Crippen LogP contribution is 2.55. The number of allylic oxidation sites excluding steroid dienone is 12. The van der Waals surface area contributed by atoms with Crippen LogP contribution in [0.15, 0.2) is 197 Å². The fourth-order valence-corrected chi connectivity index (χ4v) is 11.3. The number of hydrogen-bond acceptors (Lipinski definition) is 2. The van der Waals surface area contributed by atoms with Crippen LogP contribution in [0.4, 0.5) is 5.69 Å². The molecule has 0 saturated carbocycles. The molecule has 5 aromatic carbocycles. The first-order valence-electron chi connectivity index (χ1n) is 21.5. The van der Waals surface area contributed by atoms with Crippen LogP contribution in [0.25, 0.3) is 33.0 Å². The van der Waals surface area contributed by atoms with Gasteiger partial charge in [-0.25, -0.2) is 0 Å². The third-order valence-corrected chi connectivity index (χ3v) is 14.2. The molecule has 6 aliphatic rings. The molecule has 0 N–H and O–H groups in total. The molecule has 59 heavy (non-hydrogen) atoms. The van der Waals surface area contributed by atoms with Crippen LogP contribution < -0.4 is 4.90 Å². The van der Waals surface area contributed by atoms with Crippen LogP contribution in [0.5, 0.6) is 0 Å². The molecule has 1 aromatic heterocycles. The molecular formula is C56H47N3. The van der Waals surface area contributed by atoms with Crippen molar-refractivity contribution in [2.45, 2.75) is 62.8 Å². The van der Waals surface area contributed by atoms with Gasteiger partial charge in [-0.05, 0) is 124 Å². The van der Waals surface area contributed by atoms with Crippen molar-refractivity contribution in [2.75, 3.05) is 11.4 Å². The Hall–Kier alpha value is -6.45. The fraction of sp³-hybridized carbons (Fsp3) is 0.196. The number of fused-ring (bicyclic) bond motifs is 9. The third kappa shape index (κ3) is 5.37. The van der Waals surface area contributed by atoms with Crippen LogP contribution in [-0.2, 0) is 5.41 Å². The molecule has 3 atom stereocenters. The molecule has 3 heteroatoms. The van der Waals surface area contributed by atoms with Crippen molar-refractivity contribution >= 4 is 44.9 Å². The number of hydrogen-bond donors (Lipinski definition) is 0. The average molecular weight is 762 g/mol. The average Bonchev–Trinajstić information content (AvgIpc) is 3.89. The zero-order valence-electron chi connectivity index (χ0n) is 33.8. The van der Waals surface area contributed by atoms with Gasteiger partial charge in [0, 0.05) is 68.9 Å². The van der Waals surface area contributed by atoms with Crippen molar-refractivity contribution in [3.8, 4) is 0 Å². The van der Waals surface area contributed by atoms with Crippen LogP contribution in [0, 0.1) is 0 Å². The quantitative estimate of drug-likeness (QED) is 0.171. The van der Waals surface area contributed by atoms with Gasteiger partial charge in [-0.3, -0.25) is 4.99 Å². The van der Waals surface area contributed by atoms with Gasteiger partial charge in [0.25, 0.3) is 0 Å². The van der Waals surface area contributed by atoms with E-state index in [1.165, 1.54) is 94.6 Å². The first-order chi connectivity index (χ1) is 29.0. The van der Waals surface area contributed by atoms with E-state index in [1.807, 2.05) is 6.21 Å². The first-order valence-corrected chi connectivity index (χ1v) is 21.5. The normalized spacial score (nSPS) is 22.6. The SMILES string of the molecule is CC1(C)C2=CCC(n3c4ccccc4c4cc(C5=CC=C6C(C5)c5ccccc5N6C5=CC(c6ccccc6)CC(C6=CC=NCC6)=C5)ccc43)C=C2c2ccccc21. The van der Waals surface area contributed by atoms with Crippen LogP contribution in [0.1, 0.15) is 85.2 Å². The summed E-state index contributed by atoms with van der Waals surface area (Å²) in [4.78, 5) is 7.08. The number of aromatic nitrogens is 1. The molecule has 0 spiro atoms. The largest absolute Gasteiger partial charge is 0.333 e. The number of para-hydroxylation sites is 2. The van der Waals surface area contributed by atoms with E-state index in [1.54, 1.807) is 0 Å². The number of dihydropyridines is 1. The van der Waals surface area contributed by atoms with E-state index in [-0.39, 0.29) is 17.4 Å². The predicted molar refractivity (Wildman–Crippen MR) is 247 cm³/mol. The maximum absolute atomic E-state index is 4.51. The van der Waals surface area contributed by atoms with E-state index >= 15 is 0 Å².